The summed E-state index contributed by atoms with van der Waals surface area (Å²) in [5.41, 5.74) is 8.75. The standard InChI is InChI=1S/C11H14N4/c1-8-10(7-12)14-11(15(8)2)9-3-5-13-6-4-9/h3-6H,7,12H2,1-2H3. The average molecular weight is 202 g/mol. The maximum atomic E-state index is 5.62. The molecule has 0 aliphatic heterocycles. The monoisotopic (exact) mass is 202 g/mol. The second kappa shape index (κ2) is 3.82. The molecule has 0 atom stereocenters. The first kappa shape index (κ1) is 9.86. The number of hydrogen-bond donors (Lipinski definition) is 1. The molecule has 0 spiro atoms. The third-order valence-electron chi connectivity index (χ3n) is 2.61. The van der Waals surface area contributed by atoms with E-state index in [9.17, 15) is 0 Å². The molecule has 0 amide bonds. The molecule has 2 rings (SSSR count). The van der Waals surface area contributed by atoms with Crippen molar-refractivity contribution in [1.29, 1.82) is 0 Å². The Morgan fingerprint density at radius 2 is 2.00 bits per heavy atom. The van der Waals surface area contributed by atoms with Crippen molar-refractivity contribution in [2.45, 2.75) is 13.5 Å². The molecule has 2 aromatic rings. The van der Waals surface area contributed by atoms with Gasteiger partial charge in [-0.15, -0.1) is 0 Å². The second-order valence-electron chi connectivity index (χ2n) is 3.47. The smallest absolute Gasteiger partial charge is 0.140 e. The van der Waals surface area contributed by atoms with E-state index in [1.807, 2.05) is 26.1 Å². The van der Waals surface area contributed by atoms with Crippen LogP contribution in [-0.4, -0.2) is 14.5 Å². The van der Waals surface area contributed by atoms with Crippen LogP contribution in [0.2, 0.25) is 0 Å². The summed E-state index contributed by atoms with van der Waals surface area (Å²) in [7, 11) is 2.00. The van der Waals surface area contributed by atoms with Crippen LogP contribution in [0.1, 0.15) is 11.4 Å². The summed E-state index contributed by atoms with van der Waals surface area (Å²) in [4.78, 5) is 8.50. The van der Waals surface area contributed by atoms with E-state index in [1.165, 1.54) is 0 Å². The van der Waals surface area contributed by atoms with Crippen molar-refractivity contribution in [3.8, 4) is 11.4 Å². The fourth-order valence-corrected chi connectivity index (χ4v) is 1.59. The Morgan fingerprint density at radius 3 is 2.53 bits per heavy atom. The minimum Gasteiger partial charge on any atom is -0.331 e. The molecule has 0 saturated heterocycles. The molecule has 4 heteroatoms. The molecule has 15 heavy (non-hydrogen) atoms. The molecule has 0 aromatic carbocycles. The molecule has 0 radical (unpaired) electrons. The van der Waals surface area contributed by atoms with Crippen LogP contribution >= 0.6 is 0 Å². The van der Waals surface area contributed by atoms with E-state index >= 15 is 0 Å². The normalized spacial score (nSPS) is 10.6. The van der Waals surface area contributed by atoms with Crippen LogP contribution < -0.4 is 5.73 Å². The maximum Gasteiger partial charge on any atom is 0.140 e. The maximum absolute atomic E-state index is 5.62. The highest BCUT2D eigenvalue weighted by molar-refractivity contribution is 5.55. The van der Waals surface area contributed by atoms with Crippen LogP contribution in [-0.2, 0) is 13.6 Å². The third kappa shape index (κ3) is 1.64. The van der Waals surface area contributed by atoms with Gasteiger partial charge in [-0.25, -0.2) is 4.98 Å². The molecule has 0 aliphatic carbocycles. The number of nitrogens with two attached hydrogens (primary N) is 1. The van der Waals surface area contributed by atoms with Gasteiger partial charge in [-0.05, 0) is 19.1 Å². The fourth-order valence-electron chi connectivity index (χ4n) is 1.59. The van der Waals surface area contributed by atoms with Crippen molar-refractivity contribution in [1.82, 2.24) is 14.5 Å². The highest BCUT2D eigenvalue weighted by atomic mass is 15.1. The minimum absolute atomic E-state index is 0.477. The fraction of sp³-hybridized carbons (Fsp3) is 0.273. The Labute approximate surface area is 88.8 Å². The average Bonchev–Trinajstić information content (AvgIpc) is 2.57. The van der Waals surface area contributed by atoms with Crippen LogP contribution in [0.15, 0.2) is 24.5 Å². The molecule has 2 N–H and O–H groups in total. The first-order valence-electron chi connectivity index (χ1n) is 4.86. The molecule has 0 unspecified atom stereocenters. The summed E-state index contributed by atoms with van der Waals surface area (Å²) in [6, 6.07) is 3.89. The van der Waals surface area contributed by atoms with Crippen LogP contribution in [0.25, 0.3) is 11.4 Å². The number of pyridine rings is 1. The van der Waals surface area contributed by atoms with Crippen molar-refractivity contribution >= 4 is 0 Å². The zero-order valence-corrected chi connectivity index (χ0v) is 8.94. The molecule has 4 nitrogen and oxygen atoms in total. The Kier molecular flexibility index (Phi) is 2.51. The predicted octanol–water partition coefficient (Wildman–Crippen LogP) is 1.25. The summed E-state index contributed by atoms with van der Waals surface area (Å²) in [5, 5.41) is 0. The van der Waals surface area contributed by atoms with Gasteiger partial charge in [0, 0.05) is 37.2 Å². The summed E-state index contributed by atoms with van der Waals surface area (Å²) < 4.78 is 2.05. The van der Waals surface area contributed by atoms with E-state index in [2.05, 4.69) is 14.5 Å². The lowest BCUT2D eigenvalue weighted by atomic mass is 10.2. The van der Waals surface area contributed by atoms with E-state index in [0.29, 0.717) is 6.54 Å². The van der Waals surface area contributed by atoms with Gasteiger partial charge < -0.3 is 10.3 Å². The van der Waals surface area contributed by atoms with E-state index in [0.717, 1.165) is 22.8 Å². The van der Waals surface area contributed by atoms with E-state index < -0.39 is 0 Å². The summed E-state index contributed by atoms with van der Waals surface area (Å²) in [5.74, 6) is 0.940. The van der Waals surface area contributed by atoms with Crippen LogP contribution in [0.3, 0.4) is 0 Å². The largest absolute Gasteiger partial charge is 0.331 e. The number of hydrogen-bond acceptors (Lipinski definition) is 3. The van der Waals surface area contributed by atoms with Crippen LogP contribution in [0.4, 0.5) is 0 Å². The Bertz CT molecular complexity index is 459. The molecular weight excluding hydrogens is 188 g/mol. The highest BCUT2D eigenvalue weighted by Crippen LogP contribution is 2.19. The van der Waals surface area contributed by atoms with Gasteiger partial charge in [0.15, 0.2) is 0 Å². The van der Waals surface area contributed by atoms with Crippen molar-refractivity contribution in [2.24, 2.45) is 12.8 Å². The Morgan fingerprint density at radius 1 is 1.33 bits per heavy atom. The SMILES string of the molecule is Cc1c(CN)nc(-c2ccncc2)n1C. The Hall–Kier alpha value is -1.68. The number of imidazole rings is 1. The zero-order chi connectivity index (χ0) is 10.8. The Balaban J connectivity index is 2.55. The highest BCUT2D eigenvalue weighted by Gasteiger charge is 2.10. The number of aromatic nitrogens is 3. The lowest BCUT2D eigenvalue weighted by Crippen LogP contribution is -1.99. The quantitative estimate of drug-likeness (QED) is 0.797. The molecular formula is C11H14N4. The van der Waals surface area contributed by atoms with Crippen molar-refractivity contribution in [2.75, 3.05) is 0 Å². The van der Waals surface area contributed by atoms with Gasteiger partial charge in [0.25, 0.3) is 0 Å². The topological polar surface area (TPSA) is 56.7 Å². The zero-order valence-electron chi connectivity index (χ0n) is 8.94. The molecule has 78 valence electrons. The molecule has 0 aliphatic rings. The lowest BCUT2D eigenvalue weighted by Gasteiger charge is -2.01. The molecule has 0 fully saturated rings. The van der Waals surface area contributed by atoms with Crippen LogP contribution in [0, 0.1) is 6.92 Å². The van der Waals surface area contributed by atoms with Gasteiger partial charge in [-0.1, -0.05) is 0 Å². The summed E-state index contributed by atoms with van der Waals surface area (Å²) >= 11 is 0. The van der Waals surface area contributed by atoms with E-state index in [-0.39, 0.29) is 0 Å². The van der Waals surface area contributed by atoms with Crippen molar-refractivity contribution < 1.29 is 0 Å². The minimum atomic E-state index is 0.477. The van der Waals surface area contributed by atoms with Gasteiger partial charge >= 0.3 is 0 Å². The third-order valence-corrected chi connectivity index (χ3v) is 2.61. The van der Waals surface area contributed by atoms with E-state index in [1.54, 1.807) is 12.4 Å². The summed E-state index contributed by atoms with van der Waals surface area (Å²) in [6.07, 6.45) is 3.53. The molecule has 0 bridgehead atoms. The molecule has 2 aromatic heterocycles. The first-order valence-corrected chi connectivity index (χ1v) is 4.86. The molecule has 2 heterocycles. The number of nitrogens with zero attached hydrogens (tertiary/aromatic N) is 3. The first-order chi connectivity index (χ1) is 7.24. The van der Waals surface area contributed by atoms with Crippen molar-refractivity contribution in [3.63, 3.8) is 0 Å². The number of rotatable bonds is 2. The molecule has 0 saturated carbocycles. The van der Waals surface area contributed by atoms with Gasteiger partial charge in [0.05, 0.1) is 5.69 Å². The lowest BCUT2D eigenvalue weighted by molar-refractivity contribution is 0.873. The van der Waals surface area contributed by atoms with Gasteiger partial charge in [0.2, 0.25) is 0 Å². The van der Waals surface area contributed by atoms with Gasteiger partial charge in [-0.3, -0.25) is 4.98 Å². The summed E-state index contributed by atoms with van der Waals surface area (Å²) in [6.45, 7) is 2.50. The van der Waals surface area contributed by atoms with E-state index in [4.69, 9.17) is 5.73 Å². The van der Waals surface area contributed by atoms with Gasteiger partial charge in [-0.2, -0.15) is 0 Å². The van der Waals surface area contributed by atoms with Crippen molar-refractivity contribution in [3.05, 3.63) is 35.9 Å². The van der Waals surface area contributed by atoms with Crippen LogP contribution in [0.5, 0.6) is 0 Å². The van der Waals surface area contributed by atoms with Gasteiger partial charge in [0.1, 0.15) is 5.82 Å². The second-order valence-corrected chi connectivity index (χ2v) is 3.47. The predicted molar refractivity (Wildman–Crippen MR) is 59.1 cm³/mol.